The van der Waals surface area contributed by atoms with Crippen LogP contribution in [0.5, 0.6) is 0 Å². The van der Waals surface area contributed by atoms with Gasteiger partial charge in [-0.1, -0.05) is 41.0 Å². The number of hydrogen-bond donors (Lipinski definition) is 0. The van der Waals surface area contributed by atoms with E-state index in [0.29, 0.717) is 0 Å². The molecular weight excluding hydrogens is 256 g/mol. The Bertz CT molecular complexity index is 492. The maximum atomic E-state index is 4.40. The first kappa shape index (κ1) is 19.3. The minimum absolute atomic E-state index is 0.961. The fourth-order valence-corrected chi connectivity index (χ4v) is 1.83. The summed E-state index contributed by atoms with van der Waals surface area (Å²) in [5.74, 6) is 0. The number of aryl methyl sites for hydroxylation is 2. The van der Waals surface area contributed by atoms with E-state index < -0.39 is 0 Å². The summed E-state index contributed by atoms with van der Waals surface area (Å²) in [6.07, 6.45) is 7.29. The van der Waals surface area contributed by atoms with Crippen molar-refractivity contribution < 1.29 is 0 Å². The van der Waals surface area contributed by atoms with Gasteiger partial charge in [-0.3, -0.25) is 9.97 Å². The molecule has 2 rings (SSSR count). The van der Waals surface area contributed by atoms with E-state index in [0.717, 1.165) is 17.8 Å². The Morgan fingerprint density at radius 1 is 0.857 bits per heavy atom. The average molecular weight is 286 g/mol. The predicted octanol–water partition coefficient (Wildman–Crippen LogP) is 5.85. The molecule has 0 aliphatic rings. The van der Waals surface area contributed by atoms with Gasteiger partial charge in [-0.15, -0.1) is 0 Å². The van der Waals surface area contributed by atoms with Crippen molar-refractivity contribution in [1.82, 2.24) is 9.97 Å². The van der Waals surface area contributed by atoms with Crippen molar-refractivity contribution in [1.29, 1.82) is 0 Å². The van der Waals surface area contributed by atoms with Crippen molar-refractivity contribution in [3.63, 3.8) is 0 Å². The van der Waals surface area contributed by atoms with Gasteiger partial charge in [-0.2, -0.15) is 0 Å². The lowest BCUT2D eigenvalue weighted by Crippen LogP contribution is -1.91. The van der Waals surface area contributed by atoms with Gasteiger partial charge in [0.2, 0.25) is 0 Å². The Labute approximate surface area is 130 Å². The molecule has 0 amide bonds. The smallest absolute Gasteiger partial charge is 0.0888 e. The third-order valence-electron chi connectivity index (χ3n) is 2.82. The summed E-state index contributed by atoms with van der Waals surface area (Å²) in [7, 11) is 0. The van der Waals surface area contributed by atoms with E-state index >= 15 is 0 Å². The second-order valence-corrected chi connectivity index (χ2v) is 4.37. The standard InChI is InChI=1S/C15H18N2.2C2H6/c1-3-4-5-13-7-9-17-15(11-13)14-10-12(2)6-8-16-14;2*1-2/h6-11H,3-5H2,1-2H3;2*1-2H3. The zero-order valence-electron chi connectivity index (χ0n) is 14.5. The van der Waals surface area contributed by atoms with Crippen LogP contribution in [0.25, 0.3) is 11.4 Å². The van der Waals surface area contributed by atoms with Gasteiger partial charge in [-0.25, -0.2) is 0 Å². The third-order valence-corrected chi connectivity index (χ3v) is 2.82. The van der Waals surface area contributed by atoms with E-state index in [-0.39, 0.29) is 0 Å². The van der Waals surface area contributed by atoms with Crippen molar-refractivity contribution in [3.8, 4) is 11.4 Å². The van der Waals surface area contributed by atoms with Gasteiger partial charge in [0.15, 0.2) is 0 Å². The zero-order chi connectivity index (χ0) is 16.1. The maximum Gasteiger partial charge on any atom is 0.0888 e. The lowest BCUT2D eigenvalue weighted by Gasteiger charge is -2.04. The summed E-state index contributed by atoms with van der Waals surface area (Å²) in [6, 6.07) is 8.32. The van der Waals surface area contributed by atoms with Crippen LogP contribution >= 0.6 is 0 Å². The first-order valence-electron chi connectivity index (χ1n) is 8.17. The van der Waals surface area contributed by atoms with Gasteiger partial charge in [0, 0.05) is 12.4 Å². The molecule has 0 fully saturated rings. The van der Waals surface area contributed by atoms with E-state index in [1.807, 2.05) is 46.2 Å². The van der Waals surface area contributed by atoms with Crippen molar-refractivity contribution in [2.24, 2.45) is 0 Å². The van der Waals surface area contributed by atoms with Crippen LogP contribution in [0.1, 0.15) is 58.6 Å². The van der Waals surface area contributed by atoms with Crippen LogP contribution in [-0.2, 0) is 6.42 Å². The third kappa shape index (κ3) is 7.03. The largest absolute Gasteiger partial charge is 0.255 e. The summed E-state index contributed by atoms with van der Waals surface area (Å²) < 4.78 is 0. The maximum absolute atomic E-state index is 4.40. The second-order valence-electron chi connectivity index (χ2n) is 4.37. The molecular formula is C19H30N2. The molecule has 0 saturated heterocycles. The zero-order valence-corrected chi connectivity index (χ0v) is 14.5. The van der Waals surface area contributed by atoms with E-state index in [1.165, 1.54) is 24.0 Å². The van der Waals surface area contributed by atoms with Gasteiger partial charge in [0.1, 0.15) is 0 Å². The molecule has 0 unspecified atom stereocenters. The fraction of sp³-hybridized carbons (Fsp3) is 0.474. The predicted molar refractivity (Wildman–Crippen MR) is 93.5 cm³/mol. The van der Waals surface area contributed by atoms with Crippen LogP contribution in [0.15, 0.2) is 36.7 Å². The van der Waals surface area contributed by atoms with Gasteiger partial charge in [-0.05, 0) is 55.2 Å². The van der Waals surface area contributed by atoms with Crippen LogP contribution in [0.3, 0.4) is 0 Å². The van der Waals surface area contributed by atoms with Gasteiger partial charge >= 0.3 is 0 Å². The minimum Gasteiger partial charge on any atom is -0.255 e. The molecule has 2 aromatic rings. The molecule has 0 bridgehead atoms. The molecule has 2 heteroatoms. The van der Waals surface area contributed by atoms with Gasteiger partial charge in [0.25, 0.3) is 0 Å². The molecule has 0 spiro atoms. The Morgan fingerprint density at radius 3 is 2.00 bits per heavy atom. The van der Waals surface area contributed by atoms with Crippen molar-refractivity contribution in [3.05, 3.63) is 47.8 Å². The van der Waals surface area contributed by atoms with Crippen LogP contribution in [0.2, 0.25) is 0 Å². The minimum atomic E-state index is 0.961. The fourth-order valence-electron chi connectivity index (χ4n) is 1.83. The highest BCUT2D eigenvalue weighted by Gasteiger charge is 2.02. The first-order valence-corrected chi connectivity index (χ1v) is 8.17. The molecule has 0 atom stereocenters. The molecule has 0 N–H and O–H groups in total. The number of unbranched alkanes of at least 4 members (excludes halogenated alkanes) is 1. The topological polar surface area (TPSA) is 25.8 Å². The van der Waals surface area contributed by atoms with E-state index in [1.54, 1.807) is 0 Å². The normalized spacial score (nSPS) is 9.05. The molecule has 0 aliphatic carbocycles. The summed E-state index contributed by atoms with van der Waals surface area (Å²) >= 11 is 0. The number of hydrogen-bond acceptors (Lipinski definition) is 2. The van der Waals surface area contributed by atoms with Gasteiger partial charge < -0.3 is 0 Å². The number of pyridine rings is 2. The molecule has 2 aromatic heterocycles. The summed E-state index contributed by atoms with van der Waals surface area (Å²) in [4.78, 5) is 8.77. The van der Waals surface area contributed by atoms with Crippen LogP contribution in [0.4, 0.5) is 0 Å². The second kappa shape index (κ2) is 12.1. The van der Waals surface area contributed by atoms with Crippen molar-refractivity contribution in [2.75, 3.05) is 0 Å². The molecule has 0 aromatic carbocycles. The SMILES string of the molecule is CC.CC.CCCCc1ccnc(-c2cc(C)ccn2)c1. The summed E-state index contributed by atoms with van der Waals surface area (Å²) in [5, 5.41) is 0. The summed E-state index contributed by atoms with van der Waals surface area (Å²) in [6.45, 7) is 12.3. The van der Waals surface area contributed by atoms with Crippen molar-refractivity contribution >= 4 is 0 Å². The highest BCUT2D eigenvalue weighted by molar-refractivity contribution is 5.55. The molecule has 116 valence electrons. The Morgan fingerprint density at radius 2 is 1.43 bits per heavy atom. The average Bonchev–Trinajstić information content (AvgIpc) is 2.57. The Balaban J connectivity index is 0.000000921. The van der Waals surface area contributed by atoms with Crippen LogP contribution in [-0.4, -0.2) is 9.97 Å². The van der Waals surface area contributed by atoms with Crippen LogP contribution < -0.4 is 0 Å². The lowest BCUT2D eigenvalue weighted by atomic mass is 10.1. The Hall–Kier alpha value is -1.70. The van der Waals surface area contributed by atoms with Crippen LogP contribution in [0, 0.1) is 6.92 Å². The summed E-state index contributed by atoms with van der Waals surface area (Å²) in [5.41, 5.74) is 4.50. The van der Waals surface area contributed by atoms with E-state index in [2.05, 4.69) is 42.0 Å². The first-order chi connectivity index (χ1) is 10.3. The molecule has 0 aliphatic heterocycles. The quantitative estimate of drug-likeness (QED) is 0.705. The highest BCUT2D eigenvalue weighted by Crippen LogP contribution is 2.17. The molecule has 0 saturated carbocycles. The molecule has 2 nitrogen and oxygen atoms in total. The molecule has 0 radical (unpaired) electrons. The molecule has 21 heavy (non-hydrogen) atoms. The van der Waals surface area contributed by atoms with Gasteiger partial charge in [0.05, 0.1) is 11.4 Å². The number of aromatic nitrogens is 2. The Kier molecular flexibility index (Phi) is 11.1. The van der Waals surface area contributed by atoms with E-state index in [9.17, 15) is 0 Å². The number of nitrogens with zero attached hydrogens (tertiary/aromatic N) is 2. The number of rotatable bonds is 4. The highest BCUT2D eigenvalue weighted by atomic mass is 14.8. The monoisotopic (exact) mass is 286 g/mol. The molecule has 2 heterocycles. The lowest BCUT2D eigenvalue weighted by molar-refractivity contribution is 0.794. The van der Waals surface area contributed by atoms with Crippen molar-refractivity contribution in [2.45, 2.75) is 60.8 Å². The van der Waals surface area contributed by atoms with E-state index in [4.69, 9.17) is 0 Å².